The average molecular weight is 442 g/mol. The molecule has 0 bridgehead atoms. The van der Waals surface area contributed by atoms with Crippen molar-refractivity contribution in [1.82, 2.24) is 15.1 Å². The molecular formula is C27H27N3O3. The van der Waals surface area contributed by atoms with Crippen LogP contribution in [-0.4, -0.2) is 27.8 Å². The van der Waals surface area contributed by atoms with Gasteiger partial charge in [-0.05, 0) is 59.4 Å². The molecule has 2 N–H and O–H groups in total. The highest BCUT2D eigenvalue weighted by molar-refractivity contribution is 5.81. The van der Waals surface area contributed by atoms with Gasteiger partial charge >= 0.3 is 0 Å². The molecule has 1 aliphatic rings. The summed E-state index contributed by atoms with van der Waals surface area (Å²) in [6.07, 6.45) is 4.09. The van der Waals surface area contributed by atoms with Crippen LogP contribution in [0.2, 0.25) is 0 Å². The van der Waals surface area contributed by atoms with E-state index < -0.39 is 0 Å². The Hall–Kier alpha value is -3.64. The Morgan fingerprint density at radius 2 is 2.06 bits per heavy atom. The molecule has 0 saturated carbocycles. The molecule has 6 heteroatoms. The van der Waals surface area contributed by atoms with Crippen molar-refractivity contribution in [2.24, 2.45) is 0 Å². The van der Waals surface area contributed by atoms with E-state index in [4.69, 9.17) is 4.74 Å². The fourth-order valence-electron chi connectivity index (χ4n) is 4.66. The largest absolute Gasteiger partial charge is 0.486 e. The molecule has 6 nitrogen and oxygen atoms in total. The van der Waals surface area contributed by atoms with Crippen LogP contribution in [0.5, 0.6) is 5.75 Å². The van der Waals surface area contributed by atoms with Crippen molar-refractivity contribution in [1.29, 1.82) is 0 Å². The van der Waals surface area contributed by atoms with Crippen LogP contribution in [0.4, 0.5) is 0 Å². The minimum atomic E-state index is -0.0327. The highest BCUT2D eigenvalue weighted by Crippen LogP contribution is 2.41. The average Bonchev–Trinajstić information content (AvgIpc) is 3.46. The van der Waals surface area contributed by atoms with Gasteiger partial charge in [-0.2, -0.15) is 5.10 Å². The Balaban J connectivity index is 1.41. The lowest BCUT2D eigenvalue weighted by atomic mass is 9.95. The number of rotatable bonds is 7. The lowest BCUT2D eigenvalue weighted by Gasteiger charge is -2.19. The molecule has 1 unspecified atom stereocenters. The van der Waals surface area contributed by atoms with Gasteiger partial charge in [0.1, 0.15) is 11.9 Å². The number of nitrogens with one attached hydrogen (secondary N) is 1. The number of fused-ring (bicyclic) bond motifs is 2. The van der Waals surface area contributed by atoms with Crippen molar-refractivity contribution < 1.29 is 14.6 Å². The SMILES string of the molecule is CNC(=O)CCn1ncc2cc(OC3CCc4cccc(-c5cccc(CO)c5)c43)ccc21. The summed E-state index contributed by atoms with van der Waals surface area (Å²) in [5.41, 5.74) is 6.69. The number of carbonyl (C=O) groups excluding carboxylic acids is 1. The number of aryl methyl sites for hydroxylation is 2. The third-order valence-corrected chi connectivity index (χ3v) is 6.34. The van der Waals surface area contributed by atoms with Gasteiger partial charge in [-0.1, -0.05) is 36.4 Å². The molecule has 1 amide bonds. The molecule has 168 valence electrons. The Bertz CT molecular complexity index is 1310. The summed E-state index contributed by atoms with van der Waals surface area (Å²) in [6, 6.07) is 20.5. The van der Waals surface area contributed by atoms with Crippen molar-refractivity contribution in [3.05, 3.63) is 83.6 Å². The van der Waals surface area contributed by atoms with Gasteiger partial charge in [0, 0.05) is 24.4 Å². The number of hydrogen-bond acceptors (Lipinski definition) is 4. The summed E-state index contributed by atoms with van der Waals surface area (Å²) in [6.45, 7) is 0.565. The number of nitrogens with zero attached hydrogens (tertiary/aromatic N) is 2. The molecule has 0 radical (unpaired) electrons. The highest BCUT2D eigenvalue weighted by atomic mass is 16.5. The zero-order valence-corrected chi connectivity index (χ0v) is 18.6. The number of carbonyl (C=O) groups is 1. The fourth-order valence-corrected chi connectivity index (χ4v) is 4.66. The second-order valence-corrected chi connectivity index (χ2v) is 8.39. The number of amides is 1. The summed E-state index contributed by atoms with van der Waals surface area (Å²) in [5, 5.41) is 17.6. The Labute approximate surface area is 192 Å². The molecule has 1 heterocycles. The Morgan fingerprint density at radius 3 is 2.91 bits per heavy atom. The Kier molecular flexibility index (Phi) is 5.84. The normalized spacial score (nSPS) is 14.9. The van der Waals surface area contributed by atoms with Crippen LogP contribution in [0, 0.1) is 0 Å². The van der Waals surface area contributed by atoms with Gasteiger partial charge in [0.05, 0.1) is 24.9 Å². The van der Waals surface area contributed by atoms with E-state index in [9.17, 15) is 9.90 Å². The van der Waals surface area contributed by atoms with Crippen LogP contribution in [0.15, 0.2) is 66.9 Å². The van der Waals surface area contributed by atoms with Crippen molar-refractivity contribution in [2.45, 2.75) is 38.5 Å². The first-order valence-electron chi connectivity index (χ1n) is 11.3. The third kappa shape index (κ3) is 4.22. The van der Waals surface area contributed by atoms with Crippen LogP contribution >= 0.6 is 0 Å². The quantitative estimate of drug-likeness (QED) is 0.446. The number of aliphatic hydroxyl groups is 1. The number of benzene rings is 3. The molecule has 0 aliphatic heterocycles. The van der Waals surface area contributed by atoms with Crippen LogP contribution in [0.1, 0.15) is 35.6 Å². The zero-order valence-electron chi connectivity index (χ0n) is 18.6. The molecule has 1 atom stereocenters. The van der Waals surface area contributed by atoms with Gasteiger partial charge in [0.25, 0.3) is 0 Å². The monoisotopic (exact) mass is 441 g/mol. The van der Waals surface area contributed by atoms with Crippen LogP contribution in [-0.2, 0) is 24.4 Å². The summed E-state index contributed by atoms with van der Waals surface area (Å²) < 4.78 is 8.36. The van der Waals surface area contributed by atoms with E-state index in [1.54, 1.807) is 7.05 Å². The molecule has 1 aromatic heterocycles. The van der Waals surface area contributed by atoms with Crippen LogP contribution < -0.4 is 10.1 Å². The van der Waals surface area contributed by atoms with E-state index in [0.717, 1.165) is 46.2 Å². The standard InChI is InChI=1S/C27H27N3O3/c1-28-26(32)12-13-30-24-10-9-22(15-21(24)16-29-30)33-25-11-8-19-5-3-7-23(27(19)25)20-6-2-4-18(14-20)17-31/h2-7,9-10,14-16,25,31H,8,11-13,17H2,1H3,(H,28,32). The number of ether oxygens (including phenoxy) is 1. The van der Waals surface area contributed by atoms with E-state index >= 15 is 0 Å². The van der Waals surface area contributed by atoms with Crippen molar-refractivity contribution in [3.63, 3.8) is 0 Å². The van der Waals surface area contributed by atoms with E-state index in [2.05, 4.69) is 34.7 Å². The van der Waals surface area contributed by atoms with E-state index in [-0.39, 0.29) is 18.6 Å². The minimum absolute atomic E-state index is 0.00108. The summed E-state index contributed by atoms with van der Waals surface area (Å²) in [7, 11) is 1.64. The number of hydrogen-bond donors (Lipinski definition) is 2. The minimum Gasteiger partial charge on any atom is -0.486 e. The van der Waals surface area contributed by atoms with Crippen molar-refractivity contribution in [3.8, 4) is 16.9 Å². The third-order valence-electron chi connectivity index (χ3n) is 6.34. The summed E-state index contributed by atoms with van der Waals surface area (Å²) in [5.74, 6) is 0.809. The van der Waals surface area contributed by atoms with Gasteiger partial charge in [0.2, 0.25) is 5.91 Å². The molecule has 0 fully saturated rings. The zero-order chi connectivity index (χ0) is 22.8. The van der Waals surface area contributed by atoms with Gasteiger partial charge in [-0.3, -0.25) is 9.48 Å². The second-order valence-electron chi connectivity index (χ2n) is 8.39. The Morgan fingerprint density at radius 1 is 1.18 bits per heavy atom. The molecule has 5 rings (SSSR count). The maximum Gasteiger partial charge on any atom is 0.221 e. The molecular weight excluding hydrogens is 414 g/mol. The fraction of sp³-hybridized carbons (Fsp3) is 0.259. The smallest absolute Gasteiger partial charge is 0.221 e. The van der Waals surface area contributed by atoms with Crippen LogP contribution in [0.3, 0.4) is 0 Å². The summed E-state index contributed by atoms with van der Waals surface area (Å²) in [4.78, 5) is 11.6. The predicted molar refractivity (Wildman–Crippen MR) is 128 cm³/mol. The molecule has 0 spiro atoms. The van der Waals surface area contributed by atoms with Crippen molar-refractivity contribution in [2.75, 3.05) is 7.05 Å². The lowest BCUT2D eigenvalue weighted by molar-refractivity contribution is -0.120. The number of aromatic nitrogens is 2. The second kappa shape index (κ2) is 9.08. The maximum absolute atomic E-state index is 11.6. The van der Waals surface area contributed by atoms with E-state index in [1.165, 1.54) is 11.1 Å². The molecule has 3 aromatic carbocycles. The van der Waals surface area contributed by atoms with E-state index in [0.29, 0.717) is 13.0 Å². The van der Waals surface area contributed by atoms with E-state index in [1.807, 2.05) is 47.3 Å². The molecule has 0 saturated heterocycles. The van der Waals surface area contributed by atoms with Gasteiger partial charge in [0.15, 0.2) is 0 Å². The van der Waals surface area contributed by atoms with Gasteiger partial charge in [-0.25, -0.2) is 0 Å². The first kappa shape index (κ1) is 21.2. The van der Waals surface area contributed by atoms with Crippen molar-refractivity contribution >= 4 is 16.8 Å². The summed E-state index contributed by atoms with van der Waals surface area (Å²) >= 11 is 0. The molecule has 4 aromatic rings. The number of aliphatic hydroxyl groups excluding tert-OH is 1. The lowest BCUT2D eigenvalue weighted by Crippen LogP contribution is -2.19. The topological polar surface area (TPSA) is 76.4 Å². The van der Waals surface area contributed by atoms with Crippen LogP contribution in [0.25, 0.3) is 22.0 Å². The first-order chi connectivity index (χ1) is 16.2. The van der Waals surface area contributed by atoms with Gasteiger partial charge in [-0.15, -0.1) is 0 Å². The molecule has 1 aliphatic carbocycles. The maximum atomic E-state index is 11.6. The highest BCUT2D eigenvalue weighted by Gasteiger charge is 2.27. The molecule has 33 heavy (non-hydrogen) atoms. The first-order valence-corrected chi connectivity index (χ1v) is 11.3. The van der Waals surface area contributed by atoms with Gasteiger partial charge < -0.3 is 15.2 Å². The predicted octanol–water partition coefficient (Wildman–Crippen LogP) is 4.40.